The molecular weight excluding hydrogens is 176 g/mol. The number of aliphatic hydroxyl groups excluding tert-OH is 1. The SMILES string of the molecule is CC1(C)S[C@H]2NC(=O)[C@H]2NC1O. The molecule has 0 aliphatic carbocycles. The second-order valence-corrected chi connectivity index (χ2v) is 5.49. The van der Waals surface area contributed by atoms with Crippen LogP contribution in [0.3, 0.4) is 0 Å². The summed E-state index contributed by atoms with van der Waals surface area (Å²) in [6, 6.07) is -0.196. The maximum Gasteiger partial charge on any atom is 0.241 e. The maximum absolute atomic E-state index is 10.9. The van der Waals surface area contributed by atoms with Gasteiger partial charge >= 0.3 is 0 Å². The van der Waals surface area contributed by atoms with E-state index in [-0.39, 0.29) is 22.1 Å². The molecule has 0 bridgehead atoms. The number of hydrogen-bond donors (Lipinski definition) is 3. The first-order chi connectivity index (χ1) is 5.50. The van der Waals surface area contributed by atoms with Gasteiger partial charge in [0.2, 0.25) is 5.91 Å². The lowest BCUT2D eigenvalue weighted by Crippen LogP contribution is -2.74. The van der Waals surface area contributed by atoms with Crippen LogP contribution in [0, 0.1) is 0 Å². The van der Waals surface area contributed by atoms with Crippen LogP contribution in [-0.2, 0) is 4.79 Å². The quantitative estimate of drug-likeness (QED) is 0.437. The number of thioether (sulfide) groups is 1. The topological polar surface area (TPSA) is 61.4 Å². The molecule has 0 aromatic heterocycles. The molecule has 12 heavy (non-hydrogen) atoms. The second kappa shape index (κ2) is 2.37. The highest BCUT2D eigenvalue weighted by molar-refractivity contribution is 8.01. The minimum atomic E-state index is -0.602. The molecule has 1 unspecified atom stereocenters. The van der Waals surface area contributed by atoms with Crippen molar-refractivity contribution in [2.45, 2.75) is 36.2 Å². The van der Waals surface area contributed by atoms with Crippen LogP contribution in [0.2, 0.25) is 0 Å². The molecule has 0 spiro atoms. The van der Waals surface area contributed by atoms with Crippen LogP contribution in [0.4, 0.5) is 0 Å². The third-order valence-electron chi connectivity index (χ3n) is 2.30. The van der Waals surface area contributed by atoms with E-state index < -0.39 is 6.23 Å². The van der Waals surface area contributed by atoms with E-state index in [9.17, 15) is 9.90 Å². The van der Waals surface area contributed by atoms with Gasteiger partial charge in [-0.3, -0.25) is 10.1 Å². The molecule has 2 fully saturated rings. The predicted molar refractivity (Wildman–Crippen MR) is 46.5 cm³/mol. The highest BCUT2D eigenvalue weighted by Crippen LogP contribution is 2.38. The van der Waals surface area contributed by atoms with E-state index in [1.54, 1.807) is 11.8 Å². The Kier molecular flexibility index (Phi) is 1.65. The minimum Gasteiger partial charge on any atom is -0.377 e. The van der Waals surface area contributed by atoms with Gasteiger partial charge in [-0.05, 0) is 13.8 Å². The molecule has 0 radical (unpaired) electrons. The average Bonchev–Trinajstić information content (AvgIpc) is 1.96. The Morgan fingerprint density at radius 1 is 1.58 bits per heavy atom. The third kappa shape index (κ3) is 1.04. The van der Waals surface area contributed by atoms with Gasteiger partial charge in [0.15, 0.2) is 0 Å². The predicted octanol–water partition coefficient (Wildman–Crippen LogP) is -0.756. The normalized spacial score (nSPS) is 44.2. The zero-order valence-corrected chi connectivity index (χ0v) is 7.81. The molecule has 2 saturated heterocycles. The summed E-state index contributed by atoms with van der Waals surface area (Å²) < 4.78 is -0.227. The highest BCUT2D eigenvalue weighted by atomic mass is 32.2. The zero-order valence-electron chi connectivity index (χ0n) is 7.00. The number of nitrogens with one attached hydrogen (secondary N) is 2. The van der Waals surface area contributed by atoms with Crippen molar-refractivity contribution in [3.05, 3.63) is 0 Å². The van der Waals surface area contributed by atoms with E-state index >= 15 is 0 Å². The first kappa shape index (κ1) is 8.34. The number of aliphatic hydroxyl groups is 1. The van der Waals surface area contributed by atoms with Crippen molar-refractivity contribution in [1.82, 2.24) is 10.6 Å². The van der Waals surface area contributed by atoms with Gasteiger partial charge in [-0.25, -0.2) is 0 Å². The summed E-state index contributed by atoms with van der Waals surface area (Å²) in [5.41, 5.74) is 0. The maximum atomic E-state index is 10.9. The molecule has 3 N–H and O–H groups in total. The van der Waals surface area contributed by atoms with Crippen molar-refractivity contribution in [2.24, 2.45) is 0 Å². The van der Waals surface area contributed by atoms with Gasteiger partial charge in [0, 0.05) is 0 Å². The molecule has 4 nitrogen and oxygen atoms in total. The zero-order chi connectivity index (χ0) is 8.93. The molecule has 0 saturated carbocycles. The van der Waals surface area contributed by atoms with Crippen molar-refractivity contribution in [3.8, 4) is 0 Å². The third-order valence-corrected chi connectivity index (χ3v) is 3.77. The number of hydrogen-bond acceptors (Lipinski definition) is 4. The summed E-state index contributed by atoms with van der Waals surface area (Å²) in [4.78, 5) is 10.9. The standard InChI is InChI=1S/C7H12N2O2S/c1-7(2)6(11)8-3-4(10)9-5(3)12-7/h3,5-6,8,11H,1-2H3,(H,9,10)/t3-,5-,6?/m1/s1. The van der Waals surface area contributed by atoms with E-state index in [2.05, 4.69) is 10.6 Å². The Labute approximate surface area is 75.1 Å². The molecule has 68 valence electrons. The van der Waals surface area contributed by atoms with Gasteiger partial charge in [0.25, 0.3) is 0 Å². The summed E-state index contributed by atoms with van der Waals surface area (Å²) in [5, 5.41) is 15.3. The fourth-order valence-corrected chi connectivity index (χ4v) is 2.74. The number of amides is 1. The van der Waals surface area contributed by atoms with Crippen LogP contribution in [0.25, 0.3) is 0 Å². The van der Waals surface area contributed by atoms with Crippen molar-refractivity contribution < 1.29 is 9.90 Å². The summed E-state index contributed by atoms with van der Waals surface area (Å²) in [5.74, 6) is -0.0120. The smallest absolute Gasteiger partial charge is 0.241 e. The van der Waals surface area contributed by atoms with Crippen molar-refractivity contribution >= 4 is 17.7 Å². The Balaban J connectivity index is 2.10. The van der Waals surface area contributed by atoms with Gasteiger partial charge in [0.05, 0.1) is 10.1 Å². The Bertz CT molecular complexity index is 231. The number of carbonyl (C=O) groups excluding carboxylic acids is 1. The molecular formula is C7H12N2O2S. The fraction of sp³-hybridized carbons (Fsp3) is 0.857. The van der Waals surface area contributed by atoms with Crippen LogP contribution < -0.4 is 10.6 Å². The van der Waals surface area contributed by atoms with E-state index in [1.807, 2.05) is 13.8 Å². The lowest BCUT2D eigenvalue weighted by molar-refractivity contribution is -0.131. The summed E-state index contributed by atoms with van der Waals surface area (Å²) in [6.45, 7) is 3.91. The molecule has 2 heterocycles. The fourth-order valence-electron chi connectivity index (χ4n) is 1.38. The van der Waals surface area contributed by atoms with Crippen LogP contribution >= 0.6 is 11.8 Å². The van der Waals surface area contributed by atoms with Crippen LogP contribution in [0.5, 0.6) is 0 Å². The van der Waals surface area contributed by atoms with Crippen LogP contribution in [0.1, 0.15) is 13.8 Å². The molecule has 2 aliphatic rings. The van der Waals surface area contributed by atoms with E-state index in [0.717, 1.165) is 0 Å². The van der Waals surface area contributed by atoms with Gasteiger partial charge in [0.1, 0.15) is 12.3 Å². The average molecular weight is 188 g/mol. The number of carbonyl (C=O) groups is 1. The minimum absolute atomic E-state index is 0.0120. The van der Waals surface area contributed by atoms with Gasteiger partial charge < -0.3 is 10.4 Å². The first-order valence-corrected chi connectivity index (χ1v) is 4.81. The molecule has 2 rings (SSSR count). The number of β-lactam (4-membered cyclic amide) rings is 1. The highest BCUT2D eigenvalue weighted by Gasteiger charge is 2.50. The summed E-state index contributed by atoms with van der Waals surface area (Å²) >= 11 is 1.61. The summed E-state index contributed by atoms with van der Waals surface area (Å²) in [7, 11) is 0. The summed E-state index contributed by atoms with van der Waals surface area (Å²) in [6.07, 6.45) is -0.602. The van der Waals surface area contributed by atoms with Crippen LogP contribution in [-0.4, -0.2) is 33.4 Å². The first-order valence-electron chi connectivity index (χ1n) is 3.93. The van der Waals surface area contributed by atoms with Gasteiger partial charge in [-0.1, -0.05) is 0 Å². The molecule has 1 amide bonds. The largest absolute Gasteiger partial charge is 0.377 e. The molecule has 0 aromatic rings. The van der Waals surface area contributed by atoms with Crippen LogP contribution in [0.15, 0.2) is 0 Å². The van der Waals surface area contributed by atoms with E-state index in [4.69, 9.17) is 0 Å². The Hall–Kier alpha value is -0.260. The Morgan fingerprint density at radius 2 is 2.25 bits per heavy atom. The van der Waals surface area contributed by atoms with Crippen molar-refractivity contribution in [2.75, 3.05) is 0 Å². The lowest BCUT2D eigenvalue weighted by atomic mass is 10.1. The molecule has 0 aromatic carbocycles. The van der Waals surface area contributed by atoms with Gasteiger partial charge in [-0.2, -0.15) is 0 Å². The monoisotopic (exact) mass is 188 g/mol. The van der Waals surface area contributed by atoms with Crippen molar-refractivity contribution in [1.29, 1.82) is 0 Å². The van der Waals surface area contributed by atoms with Gasteiger partial charge in [-0.15, -0.1) is 11.8 Å². The lowest BCUT2D eigenvalue weighted by Gasteiger charge is -2.49. The molecule has 5 heteroatoms. The Morgan fingerprint density at radius 3 is 2.83 bits per heavy atom. The van der Waals surface area contributed by atoms with E-state index in [1.165, 1.54) is 0 Å². The second-order valence-electron chi connectivity index (χ2n) is 3.70. The molecule has 2 aliphatic heterocycles. The number of fused-ring (bicyclic) bond motifs is 1. The van der Waals surface area contributed by atoms with E-state index in [0.29, 0.717) is 0 Å². The number of rotatable bonds is 0. The molecule has 3 atom stereocenters. The van der Waals surface area contributed by atoms with Crippen molar-refractivity contribution in [3.63, 3.8) is 0 Å².